The molecule has 0 aliphatic carbocycles. The van der Waals surface area contributed by atoms with Gasteiger partial charge >= 0.3 is 0 Å². The van der Waals surface area contributed by atoms with Crippen LogP contribution in [0.15, 0.2) is 48.5 Å². The zero-order valence-corrected chi connectivity index (χ0v) is 15.6. The lowest BCUT2D eigenvalue weighted by atomic mass is 10.2. The molecule has 8 nitrogen and oxygen atoms in total. The molecule has 2 heterocycles. The van der Waals surface area contributed by atoms with Crippen molar-refractivity contribution >= 4 is 17.4 Å². The summed E-state index contributed by atoms with van der Waals surface area (Å²) in [6.07, 6.45) is 0. The van der Waals surface area contributed by atoms with Crippen LogP contribution in [0.3, 0.4) is 0 Å². The van der Waals surface area contributed by atoms with Crippen LogP contribution >= 0.6 is 0 Å². The van der Waals surface area contributed by atoms with Gasteiger partial charge in [0.05, 0.1) is 11.6 Å². The van der Waals surface area contributed by atoms with Gasteiger partial charge in [-0.3, -0.25) is 4.79 Å². The first kappa shape index (κ1) is 18.3. The van der Waals surface area contributed by atoms with Crippen molar-refractivity contribution in [1.29, 1.82) is 5.26 Å². The van der Waals surface area contributed by atoms with Crippen molar-refractivity contribution in [3.63, 3.8) is 0 Å². The number of carbonyl (C=O) groups is 1. The lowest BCUT2D eigenvalue weighted by Crippen LogP contribution is -2.24. The molecule has 29 heavy (non-hydrogen) atoms. The number of benzene rings is 2. The smallest absolute Gasteiger partial charge is 0.270 e. The summed E-state index contributed by atoms with van der Waals surface area (Å²) in [6, 6.07) is 16.1. The van der Waals surface area contributed by atoms with E-state index in [1.165, 1.54) is 0 Å². The Morgan fingerprint density at radius 1 is 1.10 bits per heavy atom. The zero-order chi connectivity index (χ0) is 20.2. The summed E-state index contributed by atoms with van der Waals surface area (Å²) in [4.78, 5) is 21.1. The van der Waals surface area contributed by atoms with E-state index in [2.05, 4.69) is 26.7 Å². The molecule has 8 heteroatoms. The van der Waals surface area contributed by atoms with E-state index in [1.807, 2.05) is 18.2 Å². The van der Waals surface area contributed by atoms with Gasteiger partial charge in [-0.15, -0.1) is 0 Å². The molecular weight excluding hydrogens is 370 g/mol. The van der Waals surface area contributed by atoms with Crippen molar-refractivity contribution in [2.45, 2.75) is 13.5 Å². The first-order valence-electron chi connectivity index (χ1n) is 8.90. The van der Waals surface area contributed by atoms with Gasteiger partial charge < -0.3 is 20.1 Å². The van der Waals surface area contributed by atoms with Crippen molar-refractivity contribution in [3.05, 3.63) is 71.2 Å². The highest BCUT2D eigenvalue weighted by Crippen LogP contribution is 2.32. The number of nitrogens with zero attached hydrogens (tertiary/aromatic N) is 3. The average Bonchev–Trinajstić information content (AvgIpc) is 3.20. The molecule has 2 N–H and O–H groups in total. The lowest BCUT2D eigenvalue weighted by molar-refractivity contribution is 0.0945. The van der Waals surface area contributed by atoms with E-state index in [0.717, 1.165) is 11.3 Å². The molecular formula is C21H17N5O3. The van der Waals surface area contributed by atoms with E-state index in [9.17, 15) is 4.79 Å². The molecule has 4 rings (SSSR count). The largest absolute Gasteiger partial charge is 0.454 e. The van der Waals surface area contributed by atoms with Crippen molar-refractivity contribution in [2.75, 3.05) is 12.1 Å². The minimum Gasteiger partial charge on any atom is -0.454 e. The normalized spacial score (nSPS) is 11.6. The number of hydrogen-bond donors (Lipinski definition) is 2. The van der Waals surface area contributed by atoms with E-state index >= 15 is 0 Å². The van der Waals surface area contributed by atoms with Crippen molar-refractivity contribution in [3.8, 4) is 17.6 Å². The molecule has 1 aliphatic heterocycles. The lowest BCUT2D eigenvalue weighted by Gasteiger charge is -2.10. The van der Waals surface area contributed by atoms with E-state index in [4.69, 9.17) is 14.7 Å². The van der Waals surface area contributed by atoms with Crippen LogP contribution < -0.4 is 20.1 Å². The second-order valence-corrected chi connectivity index (χ2v) is 6.37. The number of anilines is 2. The molecule has 0 unspecified atom stereocenters. The van der Waals surface area contributed by atoms with Gasteiger partial charge in [0, 0.05) is 18.3 Å². The molecule has 0 atom stereocenters. The van der Waals surface area contributed by atoms with Gasteiger partial charge in [0.2, 0.25) is 6.79 Å². The Morgan fingerprint density at radius 2 is 1.90 bits per heavy atom. The Hall–Kier alpha value is -4.12. The fourth-order valence-electron chi connectivity index (χ4n) is 2.85. The molecule has 2 aromatic carbocycles. The second-order valence-electron chi connectivity index (χ2n) is 6.37. The molecule has 1 aromatic heterocycles. The summed E-state index contributed by atoms with van der Waals surface area (Å²) in [5, 5.41) is 14.9. The van der Waals surface area contributed by atoms with Gasteiger partial charge in [0.15, 0.2) is 11.5 Å². The molecule has 3 aromatic rings. The monoisotopic (exact) mass is 387 g/mol. The maximum atomic E-state index is 12.6. The molecule has 1 amide bonds. The number of fused-ring (bicyclic) bond motifs is 1. The molecule has 0 spiro atoms. The summed E-state index contributed by atoms with van der Waals surface area (Å²) < 4.78 is 10.6. The third kappa shape index (κ3) is 4.25. The van der Waals surface area contributed by atoms with Crippen LogP contribution in [0.5, 0.6) is 11.5 Å². The summed E-state index contributed by atoms with van der Waals surface area (Å²) in [5.41, 5.74) is 2.48. The summed E-state index contributed by atoms with van der Waals surface area (Å²) in [7, 11) is 0. The van der Waals surface area contributed by atoms with Gasteiger partial charge in [0.25, 0.3) is 5.91 Å². The Labute approximate surface area is 167 Å². The maximum Gasteiger partial charge on any atom is 0.270 e. The number of hydrogen-bond acceptors (Lipinski definition) is 7. The van der Waals surface area contributed by atoms with Crippen LogP contribution in [-0.2, 0) is 6.54 Å². The van der Waals surface area contributed by atoms with Crippen LogP contribution in [-0.4, -0.2) is 22.7 Å². The summed E-state index contributed by atoms with van der Waals surface area (Å²) in [5.74, 6) is 2.02. The van der Waals surface area contributed by atoms with Crippen molar-refractivity contribution < 1.29 is 14.3 Å². The SMILES string of the molecule is Cc1nc(Nc2ccc(C#N)cc2)cc(C(=O)NCc2ccc3c(c2)OCO3)n1. The van der Waals surface area contributed by atoms with Gasteiger partial charge in [-0.2, -0.15) is 5.26 Å². The predicted octanol–water partition coefficient (Wildman–Crippen LogP) is 3.06. The average molecular weight is 387 g/mol. The molecule has 0 fully saturated rings. The van der Waals surface area contributed by atoms with Gasteiger partial charge in [-0.25, -0.2) is 9.97 Å². The van der Waals surface area contributed by atoms with E-state index < -0.39 is 0 Å². The first-order chi connectivity index (χ1) is 14.1. The number of amides is 1. The van der Waals surface area contributed by atoms with Gasteiger partial charge in [0.1, 0.15) is 17.3 Å². The van der Waals surface area contributed by atoms with Crippen LogP contribution in [0.2, 0.25) is 0 Å². The van der Waals surface area contributed by atoms with Gasteiger partial charge in [-0.1, -0.05) is 6.07 Å². The van der Waals surface area contributed by atoms with Crippen molar-refractivity contribution in [2.24, 2.45) is 0 Å². The fourth-order valence-corrected chi connectivity index (χ4v) is 2.85. The quantitative estimate of drug-likeness (QED) is 0.692. The Bertz CT molecular complexity index is 1110. The third-order valence-corrected chi connectivity index (χ3v) is 4.25. The van der Waals surface area contributed by atoms with Crippen LogP contribution in [0.1, 0.15) is 27.4 Å². The molecule has 0 saturated carbocycles. The van der Waals surface area contributed by atoms with Crippen molar-refractivity contribution in [1.82, 2.24) is 15.3 Å². The molecule has 1 aliphatic rings. The minimum absolute atomic E-state index is 0.209. The predicted molar refractivity (Wildman–Crippen MR) is 105 cm³/mol. The number of aryl methyl sites for hydroxylation is 1. The number of ether oxygens (including phenoxy) is 2. The number of nitrogens with one attached hydrogen (secondary N) is 2. The minimum atomic E-state index is -0.309. The Balaban J connectivity index is 1.44. The van der Waals surface area contributed by atoms with Crippen LogP contribution in [0.4, 0.5) is 11.5 Å². The highest BCUT2D eigenvalue weighted by atomic mass is 16.7. The first-order valence-corrected chi connectivity index (χ1v) is 8.90. The second kappa shape index (κ2) is 7.86. The van der Waals surface area contributed by atoms with Gasteiger partial charge in [-0.05, 0) is 48.9 Å². The summed E-state index contributed by atoms with van der Waals surface area (Å²) >= 11 is 0. The summed E-state index contributed by atoms with van der Waals surface area (Å²) in [6.45, 7) is 2.26. The maximum absolute atomic E-state index is 12.6. The topological polar surface area (TPSA) is 109 Å². The van der Waals surface area contributed by atoms with E-state index in [0.29, 0.717) is 35.2 Å². The Kier molecular flexibility index (Phi) is 4.95. The van der Waals surface area contributed by atoms with E-state index in [-0.39, 0.29) is 18.4 Å². The van der Waals surface area contributed by atoms with Crippen LogP contribution in [0.25, 0.3) is 0 Å². The third-order valence-electron chi connectivity index (χ3n) is 4.25. The number of aromatic nitrogens is 2. The number of carbonyl (C=O) groups excluding carboxylic acids is 1. The molecule has 0 saturated heterocycles. The van der Waals surface area contributed by atoms with E-state index in [1.54, 1.807) is 37.3 Å². The zero-order valence-electron chi connectivity index (χ0n) is 15.6. The number of rotatable bonds is 5. The number of nitriles is 1. The Morgan fingerprint density at radius 3 is 2.69 bits per heavy atom. The molecule has 144 valence electrons. The highest BCUT2D eigenvalue weighted by molar-refractivity contribution is 5.93. The molecule has 0 radical (unpaired) electrons. The highest BCUT2D eigenvalue weighted by Gasteiger charge is 2.15. The van der Waals surface area contributed by atoms with Crippen LogP contribution in [0, 0.1) is 18.3 Å². The fraction of sp³-hybridized carbons (Fsp3) is 0.143. The molecule has 0 bridgehead atoms. The standard InChI is InChI=1S/C21H17N5O3/c1-13-24-17(9-20(25-13)26-16-5-2-14(10-22)3-6-16)21(27)23-11-15-4-7-18-19(8-15)29-12-28-18/h2-9H,11-12H2,1H3,(H,23,27)(H,24,25,26).